The predicted molar refractivity (Wildman–Crippen MR) is 111 cm³/mol. The largest absolute Gasteiger partial charge is 0.368 e. The number of aromatic amines is 1. The van der Waals surface area contributed by atoms with Crippen molar-refractivity contribution in [1.29, 1.82) is 0 Å². The maximum atomic E-state index is 5.44. The Balaban J connectivity index is 1.88. The predicted octanol–water partition coefficient (Wildman–Crippen LogP) is 4.48. The highest BCUT2D eigenvalue weighted by Gasteiger charge is 2.26. The molecule has 3 N–H and O–H groups in total. The minimum absolute atomic E-state index is 0.0804. The molecule has 0 bridgehead atoms. The molecular weight excluding hydrogens is 342 g/mol. The fraction of sp³-hybridized carbons (Fsp3) is 0.350. The van der Waals surface area contributed by atoms with Crippen LogP contribution in [0.2, 0.25) is 0 Å². The van der Waals surface area contributed by atoms with Crippen LogP contribution in [0.5, 0.6) is 0 Å². The Kier molecular flexibility index (Phi) is 3.77. The Bertz CT molecular complexity index is 1030. The van der Waals surface area contributed by atoms with E-state index in [1.165, 1.54) is 0 Å². The van der Waals surface area contributed by atoms with Gasteiger partial charge in [0.15, 0.2) is 0 Å². The van der Waals surface area contributed by atoms with Crippen molar-refractivity contribution in [3.8, 4) is 11.3 Å². The number of aromatic nitrogens is 3. The quantitative estimate of drug-likeness (QED) is 0.584. The van der Waals surface area contributed by atoms with E-state index >= 15 is 0 Å². The van der Waals surface area contributed by atoms with Crippen LogP contribution in [-0.2, 0) is 0 Å². The summed E-state index contributed by atoms with van der Waals surface area (Å²) in [5, 5.41) is 6.74. The van der Waals surface area contributed by atoms with Crippen molar-refractivity contribution in [2.45, 2.75) is 46.2 Å². The highest BCUT2D eigenvalue weighted by molar-refractivity contribution is 7.80. The van der Waals surface area contributed by atoms with Crippen molar-refractivity contribution in [3.63, 3.8) is 0 Å². The molecule has 26 heavy (non-hydrogen) atoms. The number of nitrogens with one attached hydrogen (secondary N) is 3. The lowest BCUT2D eigenvalue weighted by Crippen LogP contribution is -2.27. The molecule has 2 aromatic heterocycles. The fourth-order valence-electron chi connectivity index (χ4n) is 3.35. The summed E-state index contributed by atoms with van der Waals surface area (Å²) < 4.78 is 0. The first-order chi connectivity index (χ1) is 12.2. The number of H-pyrrole nitrogens is 1. The third-order valence-corrected chi connectivity index (χ3v) is 4.86. The number of fused-ring (bicyclic) bond motifs is 2. The van der Waals surface area contributed by atoms with Gasteiger partial charge in [-0.05, 0) is 46.8 Å². The molecule has 1 atom stereocenters. The monoisotopic (exact) mass is 365 g/mol. The molecule has 0 spiro atoms. The Morgan fingerprint density at radius 2 is 1.92 bits per heavy atom. The van der Waals surface area contributed by atoms with Crippen LogP contribution in [0, 0.1) is 6.92 Å². The number of hydrogen-bond donors (Lipinski definition) is 3. The van der Waals surface area contributed by atoms with E-state index in [-0.39, 0.29) is 11.6 Å². The molecule has 1 aliphatic heterocycles. The number of anilines is 1. The van der Waals surface area contributed by atoms with E-state index in [2.05, 4.69) is 55.4 Å². The van der Waals surface area contributed by atoms with Crippen molar-refractivity contribution in [3.05, 3.63) is 41.2 Å². The number of thiocarbonyl (C=S) groups is 1. The average Bonchev–Trinajstić information content (AvgIpc) is 3.08. The molecule has 1 unspecified atom stereocenters. The van der Waals surface area contributed by atoms with Gasteiger partial charge in [0.1, 0.15) is 16.3 Å². The van der Waals surface area contributed by atoms with Gasteiger partial charge >= 0.3 is 0 Å². The molecule has 5 nitrogen and oxygen atoms in total. The zero-order chi connectivity index (χ0) is 18.6. The lowest BCUT2D eigenvalue weighted by Gasteiger charge is -2.22. The standard InChI is InChI=1S/C20H23N5S/c1-10-16-13(19(26)22-10)9-15(23-16)12-7-6-8-14-17(12)24-18(11(2)21-14)25-20(3,4)5/h6-10,23H,1-5H3,(H,22,26)(H,24,25). The smallest absolute Gasteiger partial charge is 0.148 e. The molecule has 3 heterocycles. The zero-order valence-electron chi connectivity index (χ0n) is 15.7. The van der Waals surface area contributed by atoms with Crippen LogP contribution in [0.15, 0.2) is 24.3 Å². The van der Waals surface area contributed by atoms with Crippen molar-refractivity contribution in [1.82, 2.24) is 20.3 Å². The van der Waals surface area contributed by atoms with Crippen LogP contribution >= 0.6 is 12.2 Å². The molecule has 0 saturated heterocycles. The lowest BCUT2D eigenvalue weighted by molar-refractivity contribution is 0.629. The molecule has 0 radical (unpaired) electrons. The number of hydrogen-bond acceptors (Lipinski definition) is 4. The van der Waals surface area contributed by atoms with Gasteiger partial charge in [-0.3, -0.25) is 0 Å². The second-order valence-electron chi connectivity index (χ2n) is 7.91. The molecular formula is C20H23N5S. The normalized spacial score (nSPS) is 16.7. The number of benzene rings is 1. The van der Waals surface area contributed by atoms with Crippen LogP contribution < -0.4 is 10.6 Å². The summed E-state index contributed by atoms with van der Waals surface area (Å²) in [6, 6.07) is 8.42. The third-order valence-electron chi connectivity index (χ3n) is 4.53. The average molecular weight is 366 g/mol. The first kappa shape index (κ1) is 17.0. The summed E-state index contributed by atoms with van der Waals surface area (Å²) in [6.45, 7) is 10.5. The molecule has 3 aromatic rings. The molecule has 0 aliphatic carbocycles. The van der Waals surface area contributed by atoms with Crippen LogP contribution in [0.1, 0.15) is 50.7 Å². The van der Waals surface area contributed by atoms with E-state index in [1.54, 1.807) is 0 Å². The highest BCUT2D eigenvalue weighted by Crippen LogP contribution is 2.33. The van der Waals surface area contributed by atoms with Crippen molar-refractivity contribution in [2.24, 2.45) is 0 Å². The van der Waals surface area contributed by atoms with E-state index in [1.807, 2.05) is 19.1 Å². The lowest BCUT2D eigenvalue weighted by atomic mass is 10.1. The van der Waals surface area contributed by atoms with E-state index < -0.39 is 0 Å². The summed E-state index contributed by atoms with van der Waals surface area (Å²) in [7, 11) is 0. The molecule has 0 fully saturated rings. The van der Waals surface area contributed by atoms with Crippen LogP contribution in [-0.4, -0.2) is 25.5 Å². The van der Waals surface area contributed by atoms with Crippen molar-refractivity contribution >= 4 is 34.1 Å². The van der Waals surface area contributed by atoms with E-state index in [0.717, 1.165) is 50.0 Å². The van der Waals surface area contributed by atoms with Gasteiger partial charge < -0.3 is 15.6 Å². The van der Waals surface area contributed by atoms with Gasteiger partial charge in [-0.15, -0.1) is 0 Å². The molecule has 6 heteroatoms. The maximum absolute atomic E-state index is 5.44. The molecule has 4 rings (SSSR count). The van der Waals surface area contributed by atoms with Crippen LogP contribution in [0.4, 0.5) is 5.82 Å². The van der Waals surface area contributed by atoms with E-state index in [0.29, 0.717) is 0 Å². The third kappa shape index (κ3) is 2.84. The summed E-state index contributed by atoms with van der Waals surface area (Å²) >= 11 is 5.44. The first-order valence-corrected chi connectivity index (χ1v) is 9.23. The van der Waals surface area contributed by atoms with Gasteiger partial charge in [0.05, 0.1) is 17.3 Å². The second-order valence-corrected chi connectivity index (χ2v) is 8.32. The molecule has 0 saturated carbocycles. The summed E-state index contributed by atoms with van der Waals surface area (Å²) in [5.41, 5.74) is 6.87. The van der Waals surface area contributed by atoms with Crippen LogP contribution in [0.25, 0.3) is 22.3 Å². The fourth-order valence-corrected chi connectivity index (χ4v) is 3.69. The summed E-state index contributed by atoms with van der Waals surface area (Å²) in [4.78, 5) is 14.0. The van der Waals surface area contributed by atoms with Gasteiger partial charge in [-0.1, -0.05) is 24.4 Å². The summed E-state index contributed by atoms with van der Waals surface area (Å²) in [6.07, 6.45) is 0. The van der Waals surface area contributed by atoms with E-state index in [4.69, 9.17) is 22.2 Å². The zero-order valence-corrected chi connectivity index (χ0v) is 16.5. The summed E-state index contributed by atoms with van der Waals surface area (Å²) in [5.74, 6) is 0.821. The maximum Gasteiger partial charge on any atom is 0.148 e. The highest BCUT2D eigenvalue weighted by atomic mass is 32.1. The van der Waals surface area contributed by atoms with Gasteiger partial charge in [-0.25, -0.2) is 9.97 Å². The van der Waals surface area contributed by atoms with Gasteiger partial charge in [0.25, 0.3) is 0 Å². The van der Waals surface area contributed by atoms with Gasteiger partial charge in [0, 0.05) is 28.1 Å². The minimum atomic E-state index is -0.0804. The topological polar surface area (TPSA) is 65.6 Å². The Labute approximate surface area is 158 Å². The Hall–Kier alpha value is -2.47. The number of nitrogens with zero attached hydrogens (tertiary/aromatic N) is 2. The van der Waals surface area contributed by atoms with Crippen molar-refractivity contribution in [2.75, 3.05) is 5.32 Å². The molecule has 1 aromatic carbocycles. The second kappa shape index (κ2) is 5.77. The SMILES string of the molecule is Cc1nc2cccc(-c3cc4c([nH]3)C(C)NC4=S)c2nc1NC(C)(C)C. The number of aryl methyl sites for hydroxylation is 1. The molecule has 1 aliphatic rings. The first-order valence-electron chi connectivity index (χ1n) is 8.82. The van der Waals surface area contributed by atoms with Crippen molar-refractivity contribution < 1.29 is 0 Å². The number of para-hydroxylation sites is 1. The number of rotatable bonds is 2. The Morgan fingerprint density at radius 3 is 2.62 bits per heavy atom. The molecule has 0 amide bonds. The Morgan fingerprint density at radius 1 is 1.15 bits per heavy atom. The van der Waals surface area contributed by atoms with Gasteiger partial charge in [-0.2, -0.15) is 0 Å². The van der Waals surface area contributed by atoms with E-state index in [9.17, 15) is 0 Å². The minimum Gasteiger partial charge on any atom is -0.368 e. The van der Waals surface area contributed by atoms with Gasteiger partial charge in [0.2, 0.25) is 0 Å². The molecule has 134 valence electrons. The van der Waals surface area contributed by atoms with Crippen LogP contribution in [0.3, 0.4) is 0 Å².